The third-order valence-corrected chi connectivity index (χ3v) is 6.11. The number of anilines is 1. The Balaban J connectivity index is 1.39. The van der Waals surface area contributed by atoms with E-state index in [2.05, 4.69) is 20.1 Å². The van der Waals surface area contributed by atoms with E-state index in [1.165, 1.54) is 6.20 Å². The average Bonchev–Trinajstić information content (AvgIpc) is 3.34. The fourth-order valence-electron chi connectivity index (χ4n) is 4.39. The minimum atomic E-state index is -4.55. The lowest BCUT2D eigenvalue weighted by molar-refractivity contribution is -0.140. The second-order valence-corrected chi connectivity index (χ2v) is 8.06. The molecule has 0 bridgehead atoms. The van der Waals surface area contributed by atoms with Crippen LogP contribution in [0.1, 0.15) is 5.69 Å². The number of H-pyrrole nitrogens is 1. The van der Waals surface area contributed by atoms with Crippen molar-refractivity contribution in [3.8, 4) is 11.1 Å². The number of nitrogens with zero attached hydrogens (tertiary/aromatic N) is 5. The average molecular weight is 460 g/mol. The molecule has 1 aromatic carbocycles. The number of ether oxygens (including phenoxy) is 1. The molecule has 3 aromatic rings. The van der Waals surface area contributed by atoms with Gasteiger partial charge in [-0.1, -0.05) is 6.07 Å². The van der Waals surface area contributed by atoms with Gasteiger partial charge in [-0.05, 0) is 23.8 Å². The van der Waals surface area contributed by atoms with Gasteiger partial charge in [-0.2, -0.15) is 18.3 Å². The van der Waals surface area contributed by atoms with Crippen molar-refractivity contribution >= 4 is 22.6 Å². The Kier molecular flexibility index (Phi) is 5.57. The Morgan fingerprint density at radius 2 is 1.73 bits per heavy atom. The lowest BCUT2D eigenvalue weighted by atomic mass is 10.0. The first-order valence-electron chi connectivity index (χ1n) is 10.8. The monoisotopic (exact) mass is 460 g/mol. The number of pyridine rings is 1. The molecule has 4 heterocycles. The predicted octanol–water partition coefficient (Wildman–Crippen LogP) is 3.22. The summed E-state index contributed by atoms with van der Waals surface area (Å²) in [4.78, 5) is 23.0. The molecule has 2 fully saturated rings. The molecular formula is C22H23F3N6O2. The first-order valence-corrected chi connectivity index (χ1v) is 10.8. The van der Waals surface area contributed by atoms with E-state index in [1.807, 2.05) is 15.9 Å². The topological polar surface area (TPSA) is 77.6 Å². The van der Waals surface area contributed by atoms with Gasteiger partial charge in [0, 0.05) is 68.3 Å². The first kappa shape index (κ1) is 21.5. The van der Waals surface area contributed by atoms with Gasteiger partial charge in [-0.15, -0.1) is 0 Å². The molecule has 2 saturated heterocycles. The van der Waals surface area contributed by atoms with Gasteiger partial charge >= 0.3 is 12.2 Å². The zero-order valence-electron chi connectivity index (χ0n) is 17.8. The van der Waals surface area contributed by atoms with Gasteiger partial charge in [0.05, 0.1) is 18.7 Å². The summed E-state index contributed by atoms with van der Waals surface area (Å²) in [5, 5.41) is 6.48. The summed E-state index contributed by atoms with van der Waals surface area (Å²) in [5.74, 6) is 0. The summed E-state index contributed by atoms with van der Waals surface area (Å²) < 4.78 is 45.3. The van der Waals surface area contributed by atoms with Crippen LogP contribution in [0.5, 0.6) is 0 Å². The van der Waals surface area contributed by atoms with E-state index in [1.54, 1.807) is 24.4 Å². The summed E-state index contributed by atoms with van der Waals surface area (Å²) in [7, 11) is 0. The number of carbonyl (C=O) groups excluding carboxylic acids is 1. The number of rotatable bonds is 2. The van der Waals surface area contributed by atoms with Gasteiger partial charge in [0.25, 0.3) is 0 Å². The number of halogens is 3. The number of carbonyl (C=O) groups is 1. The predicted molar refractivity (Wildman–Crippen MR) is 116 cm³/mol. The molecule has 0 aliphatic carbocycles. The van der Waals surface area contributed by atoms with Crippen molar-refractivity contribution in [2.45, 2.75) is 6.18 Å². The summed E-state index contributed by atoms with van der Waals surface area (Å²) in [6, 6.07) is 6.96. The second kappa shape index (κ2) is 8.54. The van der Waals surface area contributed by atoms with Crippen LogP contribution in [-0.2, 0) is 10.9 Å². The van der Waals surface area contributed by atoms with Gasteiger partial charge in [-0.25, -0.2) is 4.79 Å². The Labute approximate surface area is 187 Å². The SMILES string of the molecule is O=C(N1CCOCC1)N1CCN(c2ccnc3ccc(-c4c[nH]nc4C(F)(F)F)cc23)CC1. The quantitative estimate of drug-likeness (QED) is 0.636. The van der Waals surface area contributed by atoms with Gasteiger partial charge in [0.15, 0.2) is 5.69 Å². The van der Waals surface area contributed by atoms with Crippen LogP contribution in [0.15, 0.2) is 36.7 Å². The highest BCUT2D eigenvalue weighted by Crippen LogP contribution is 2.37. The van der Waals surface area contributed by atoms with E-state index >= 15 is 0 Å². The molecule has 2 aliphatic heterocycles. The molecule has 0 saturated carbocycles. The number of fused-ring (bicyclic) bond motifs is 1. The highest BCUT2D eigenvalue weighted by Gasteiger charge is 2.37. The molecule has 5 rings (SSSR count). The number of benzene rings is 1. The van der Waals surface area contributed by atoms with Gasteiger partial charge < -0.3 is 19.4 Å². The highest BCUT2D eigenvalue weighted by molar-refractivity contribution is 5.95. The van der Waals surface area contributed by atoms with Gasteiger partial charge in [-0.3, -0.25) is 10.1 Å². The molecule has 0 radical (unpaired) electrons. The van der Waals surface area contributed by atoms with Crippen LogP contribution in [0.4, 0.5) is 23.7 Å². The summed E-state index contributed by atoms with van der Waals surface area (Å²) in [6.07, 6.45) is -1.59. The number of alkyl halides is 3. The smallest absolute Gasteiger partial charge is 0.378 e. The number of aromatic nitrogens is 3. The third-order valence-electron chi connectivity index (χ3n) is 6.11. The number of morpholine rings is 1. The maximum absolute atomic E-state index is 13.3. The van der Waals surface area contributed by atoms with E-state index in [4.69, 9.17) is 4.74 Å². The molecule has 174 valence electrons. The van der Waals surface area contributed by atoms with Crippen LogP contribution < -0.4 is 4.90 Å². The lowest BCUT2D eigenvalue weighted by Crippen LogP contribution is -2.54. The Bertz CT molecular complexity index is 1150. The van der Waals surface area contributed by atoms with E-state index in [-0.39, 0.29) is 11.6 Å². The maximum atomic E-state index is 13.3. The molecule has 2 amide bonds. The first-order chi connectivity index (χ1) is 15.9. The van der Waals surface area contributed by atoms with Crippen LogP contribution in [0, 0.1) is 0 Å². The molecule has 2 aromatic heterocycles. The number of urea groups is 1. The number of piperazine rings is 1. The minimum absolute atomic E-state index is 0.000121. The molecule has 11 heteroatoms. The van der Waals surface area contributed by atoms with Crippen LogP contribution in [0.25, 0.3) is 22.0 Å². The van der Waals surface area contributed by atoms with Gasteiger partial charge in [0.1, 0.15) is 0 Å². The fraction of sp³-hybridized carbons (Fsp3) is 0.409. The van der Waals surface area contributed by atoms with Crippen molar-refractivity contribution in [3.05, 3.63) is 42.4 Å². The number of hydrogen-bond acceptors (Lipinski definition) is 5. The maximum Gasteiger partial charge on any atom is 0.435 e. The third kappa shape index (κ3) is 4.20. The molecule has 0 atom stereocenters. The van der Waals surface area contributed by atoms with Gasteiger partial charge in [0.2, 0.25) is 0 Å². The Hall–Kier alpha value is -3.34. The normalized spacial score (nSPS) is 17.6. The van der Waals surface area contributed by atoms with Crippen LogP contribution >= 0.6 is 0 Å². The van der Waals surface area contributed by atoms with E-state index in [9.17, 15) is 18.0 Å². The molecule has 0 spiro atoms. The van der Waals surface area contributed by atoms with Crippen molar-refractivity contribution < 1.29 is 22.7 Å². The summed E-state index contributed by atoms with van der Waals surface area (Å²) in [6.45, 7) is 4.71. The zero-order chi connectivity index (χ0) is 23.0. The van der Waals surface area contributed by atoms with Crippen molar-refractivity contribution in [1.82, 2.24) is 25.0 Å². The lowest BCUT2D eigenvalue weighted by Gasteiger charge is -2.39. The van der Waals surface area contributed by atoms with Crippen LogP contribution in [0.3, 0.4) is 0 Å². The number of hydrogen-bond donors (Lipinski definition) is 1. The van der Waals surface area contributed by atoms with E-state index in [0.717, 1.165) is 11.1 Å². The highest BCUT2D eigenvalue weighted by atomic mass is 19.4. The van der Waals surface area contributed by atoms with Crippen molar-refractivity contribution in [2.24, 2.45) is 0 Å². The number of aromatic amines is 1. The molecule has 8 nitrogen and oxygen atoms in total. The molecule has 33 heavy (non-hydrogen) atoms. The minimum Gasteiger partial charge on any atom is -0.378 e. The van der Waals surface area contributed by atoms with Crippen molar-refractivity contribution in [1.29, 1.82) is 0 Å². The Morgan fingerprint density at radius 3 is 2.45 bits per heavy atom. The molecule has 2 aliphatic rings. The largest absolute Gasteiger partial charge is 0.435 e. The van der Waals surface area contributed by atoms with Crippen LogP contribution in [-0.4, -0.2) is 83.5 Å². The van der Waals surface area contributed by atoms with Crippen LogP contribution in [0.2, 0.25) is 0 Å². The van der Waals surface area contributed by atoms with E-state index in [0.29, 0.717) is 63.6 Å². The van der Waals surface area contributed by atoms with Crippen molar-refractivity contribution in [3.63, 3.8) is 0 Å². The fourth-order valence-corrected chi connectivity index (χ4v) is 4.39. The number of amides is 2. The second-order valence-electron chi connectivity index (χ2n) is 8.06. The van der Waals surface area contributed by atoms with E-state index < -0.39 is 11.9 Å². The summed E-state index contributed by atoms with van der Waals surface area (Å²) in [5.41, 5.74) is 1.05. The molecule has 1 N–H and O–H groups in total. The number of nitrogens with one attached hydrogen (secondary N) is 1. The summed E-state index contributed by atoms with van der Waals surface area (Å²) >= 11 is 0. The standard InChI is InChI=1S/C22H23F3N6O2/c23-22(24,25)20-17(14-27-28-20)15-1-2-18-16(13-15)19(3-4-26-18)29-5-7-30(8-6-29)21(32)31-9-11-33-12-10-31/h1-4,13-14H,5-12H2,(H,27,28). The zero-order valence-corrected chi connectivity index (χ0v) is 17.8. The molecular weight excluding hydrogens is 437 g/mol. The Morgan fingerprint density at radius 1 is 1.00 bits per heavy atom. The molecule has 0 unspecified atom stereocenters. The van der Waals surface area contributed by atoms with Crippen molar-refractivity contribution in [2.75, 3.05) is 57.4 Å².